The zero-order chi connectivity index (χ0) is 29.9. The number of nitrogens with zero attached hydrogens (tertiary/aromatic N) is 1. The fraction of sp³-hybridized carbons (Fsp3) is 0.441. The van der Waals surface area contributed by atoms with E-state index < -0.39 is 5.92 Å². The second-order valence-corrected chi connectivity index (χ2v) is 14.3. The van der Waals surface area contributed by atoms with Gasteiger partial charge < -0.3 is 15.0 Å². The minimum absolute atomic E-state index is 0.0655. The summed E-state index contributed by atoms with van der Waals surface area (Å²) >= 11 is 3.61. The van der Waals surface area contributed by atoms with Gasteiger partial charge in [0.2, 0.25) is 0 Å². The van der Waals surface area contributed by atoms with E-state index >= 15 is 0 Å². The number of Topliss-reactive ketones (excluding diaryl/α,β-unsaturated/α-hetero) is 2. The highest BCUT2D eigenvalue weighted by Gasteiger charge is 2.48. The molecule has 0 spiro atoms. The van der Waals surface area contributed by atoms with E-state index in [1.54, 1.807) is 0 Å². The Morgan fingerprint density at radius 3 is 2.05 bits per heavy atom. The number of hydrogen-bond acceptors (Lipinski definition) is 5. The number of nitrogens with one attached hydrogen (secondary N) is 1. The van der Waals surface area contributed by atoms with Gasteiger partial charge in [-0.3, -0.25) is 14.4 Å². The summed E-state index contributed by atoms with van der Waals surface area (Å²) < 4.78 is 6.97. The van der Waals surface area contributed by atoms with E-state index in [9.17, 15) is 14.4 Å². The van der Waals surface area contributed by atoms with Gasteiger partial charge in [0.05, 0.1) is 0 Å². The predicted octanol–water partition coefficient (Wildman–Crippen LogP) is 7.40. The van der Waals surface area contributed by atoms with Gasteiger partial charge in [0.1, 0.15) is 5.75 Å². The molecule has 2 aliphatic carbocycles. The molecule has 1 aliphatic heterocycles. The minimum Gasteiger partial charge on any atom is -0.483 e. The lowest BCUT2D eigenvalue weighted by atomic mass is 9.63. The van der Waals surface area contributed by atoms with Gasteiger partial charge in [0.15, 0.2) is 18.2 Å². The maximum Gasteiger partial charge on any atom is 0.262 e. The van der Waals surface area contributed by atoms with Gasteiger partial charge in [0.25, 0.3) is 5.91 Å². The zero-order valence-corrected chi connectivity index (χ0v) is 26.6. The lowest BCUT2D eigenvalue weighted by Crippen LogP contribution is -2.43. The summed E-state index contributed by atoms with van der Waals surface area (Å²) in [6.45, 7) is 12.3. The number of anilines is 1. The Balaban J connectivity index is 1.55. The molecule has 1 N–H and O–H groups in total. The summed E-state index contributed by atoms with van der Waals surface area (Å²) in [6, 6.07) is 11.4. The molecule has 2 aromatic rings. The molecule has 5 rings (SSSR count). The summed E-state index contributed by atoms with van der Waals surface area (Å²) in [5, 5.41) is 2.91. The number of rotatable bonds is 5. The van der Waals surface area contributed by atoms with E-state index in [1.807, 2.05) is 57.3 Å². The first-order valence-corrected chi connectivity index (χ1v) is 15.0. The first-order chi connectivity index (χ1) is 19.2. The van der Waals surface area contributed by atoms with Crippen LogP contribution in [0.25, 0.3) is 0 Å². The van der Waals surface area contributed by atoms with E-state index in [0.717, 1.165) is 45.4 Å². The lowest BCUT2D eigenvalue weighted by molar-refractivity contribution is -0.120. The molecule has 0 saturated heterocycles. The van der Waals surface area contributed by atoms with Crippen molar-refractivity contribution in [2.24, 2.45) is 10.8 Å². The Hall–Kier alpha value is -3.19. The number of benzene rings is 2. The third-order valence-corrected chi connectivity index (χ3v) is 9.11. The first-order valence-electron chi connectivity index (χ1n) is 14.2. The van der Waals surface area contributed by atoms with Crippen molar-refractivity contribution in [1.82, 2.24) is 4.90 Å². The summed E-state index contributed by atoms with van der Waals surface area (Å²) in [5.74, 6) is -0.201. The number of carbonyl (C=O) groups excluding carboxylic acids is 3. The van der Waals surface area contributed by atoms with Crippen LogP contribution in [0.1, 0.15) is 76.0 Å². The largest absolute Gasteiger partial charge is 0.483 e. The van der Waals surface area contributed by atoms with Crippen LogP contribution < -0.4 is 10.1 Å². The number of halogens is 1. The molecule has 0 aromatic heterocycles. The summed E-state index contributed by atoms with van der Waals surface area (Å²) in [5.41, 5.74) is 6.67. The SMILES string of the molecule is Cc1ccc(NC(=O)COc2ccc(Br)cc2C2C3=C(CC(C)(C)CC3=O)N(C)C3=C2C(=O)CC(C)(C)C3)cc1C. The summed E-state index contributed by atoms with van der Waals surface area (Å²) in [7, 11) is 2.00. The number of allylic oxidation sites excluding steroid dienone is 4. The van der Waals surface area contributed by atoms with Gasteiger partial charge in [-0.1, -0.05) is 49.7 Å². The molecule has 0 fully saturated rings. The standard InChI is InChI=1S/C34H39BrN2O4/c1-19-8-10-22(12-20(19)2)36-29(40)18-41-28-11-9-21(35)13-23(28)30-31-24(14-33(3,4)16-26(31)38)37(7)25-15-34(5,6)17-27(39)32(25)30/h8-13,30H,14-18H2,1-7H3,(H,36,40). The molecule has 41 heavy (non-hydrogen) atoms. The van der Waals surface area contributed by atoms with Gasteiger partial charge in [0, 0.05) is 64.1 Å². The van der Waals surface area contributed by atoms with Gasteiger partial charge in [-0.05, 0) is 79.0 Å². The van der Waals surface area contributed by atoms with Crippen LogP contribution in [0.2, 0.25) is 0 Å². The highest BCUT2D eigenvalue weighted by atomic mass is 79.9. The van der Waals surface area contributed by atoms with Crippen molar-refractivity contribution < 1.29 is 19.1 Å². The average Bonchev–Trinajstić information content (AvgIpc) is 2.85. The second-order valence-electron chi connectivity index (χ2n) is 13.4. The van der Waals surface area contributed by atoms with Crippen molar-refractivity contribution in [2.45, 2.75) is 73.1 Å². The van der Waals surface area contributed by atoms with E-state index in [1.165, 1.54) is 0 Å². The van der Waals surface area contributed by atoms with Crippen molar-refractivity contribution in [2.75, 3.05) is 19.0 Å². The third-order valence-electron chi connectivity index (χ3n) is 8.61. The Bertz CT molecular complexity index is 1480. The number of ether oxygens (including phenoxy) is 1. The quantitative estimate of drug-likeness (QED) is 0.378. The second kappa shape index (κ2) is 10.6. The van der Waals surface area contributed by atoms with Crippen LogP contribution in [-0.2, 0) is 14.4 Å². The van der Waals surface area contributed by atoms with Crippen LogP contribution >= 0.6 is 15.9 Å². The van der Waals surface area contributed by atoms with Crippen LogP contribution in [0, 0.1) is 24.7 Å². The molecular weight excluding hydrogens is 580 g/mol. The maximum atomic E-state index is 13.9. The highest BCUT2D eigenvalue weighted by Crippen LogP contribution is 2.55. The molecule has 0 saturated carbocycles. The molecule has 1 amide bonds. The first kappa shape index (κ1) is 29.3. The lowest BCUT2D eigenvalue weighted by Gasteiger charge is -2.48. The number of carbonyl (C=O) groups is 3. The fourth-order valence-corrected chi connectivity index (χ4v) is 6.89. The molecular formula is C34H39BrN2O4. The van der Waals surface area contributed by atoms with Gasteiger partial charge in [-0.15, -0.1) is 0 Å². The van der Waals surface area contributed by atoms with Crippen molar-refractivity contribution in [3.8, 4) is 5.75 Å². The van der Waals surface area contributed by atoms with Crippen molar-refractivity contribution in [1.29, 1.82) is 0 Å². The molecule has 0 atom stereocenters. The Labute approximate surface area is 251 Å². The molecule has 3 aliphatic rings. The highest BCUT2D eigenvalue weighted by molar-refractivity contribution is 9.10. The van der Waals surface area contributed by atoms with Crippen molar-refractivity contribution >= 4 is 39.1 Å². The molecule has 6 nitrogen and oxygen atoms in total. The number of ketones is 2. The van der Waals surface area contributed by atoms with Crippen LogP contribution in [0.5, 0.6) is 5.75 Å². The monoisotopic (exact) mass is 618 g/mol. The van der Waals surface area contributed by atoms with Crippen molar-refractivity contribution in [3.05, 3.63) is 80.1 Å². The van der Waals surface area contributed by atoms with Crippen LogP contribution in [0.15, 0.2) is 63.4 Å². The predicted molar refractivity (Wildman–Crippen MR) is 165 cm³/mol. The van der Waals surface area contributed by atoms with Crippen molar-refractivity contribution in [3.63, 3.8) is 0 Å². The minimum atomic E-state index is -0.543. The van der Waals surface area contributed by atoms with Gasteiger partial charge in [-0.25, -0.2) is 0 Å². The summed E-state index contributed by atoms with van der Waals surface area (Å²) in [4.78, 5) is 42.8. The number of aryl methyl sites for hydroxylation is 2. The molecule has 2 aromatic carbocycles. The Morgan fingerprint density at radius 1 is 0.902 bits per heavy atom. The molecule has 7 heteroatoms. The topological polar surface area (TPSA) is 75.7 Å². The van der Waals surface area contributed by atoms with Crippen LogP contribution in [0.3, 0.4) is 0 Å². The average molecular weight is 620 g/mol. The molecule has 0 radical (unpaired) electrons. The summed E-state index contributed by atoms with van der Waals surface area (Å²) in [6.07, 6.45) is 2.33. The zero-order valence-electron chi connectivity index (χ0n) is 25.0. The number of amides is 1. The van der Waals surface area contributed by atoms with E-state index in [0.29, 0.717) is 35.4 Å². The van der Waals surface area contributed by atoms with Gasteiger partial charge in [-0.2, -0.15) is 0 Å². The normalized spacial score (nSPS) is 20.1. The van der Waals surface area contributed by atoms with Crippen LogP contribution in [-0.4, -0.2) is 36.0 Å². The third kappa shape index (κ3) is 5.78. The van der Waals surface area contributed by atoms with Gasteiger partial charge >= 0.3 is 0 Å². The van der Waals surface area contributed by atoms with E-state index in [4.69, 9.17) is 4.74 Å². The van der Waals surface area contributed by atoms with Crippen LogP contribution in [0.4, 0.5) is 5.69 Å². The van der Waals surface area contributed by atoms with E-state index in [-0.39, 0.29) is 34.9 Å². The Morgan fingerprint density at radius 2 is 1.49 bits per heavy atom. The Kier molecular flexibility index (Phi) is 7.56. The number of hydrogen-bond donors (Lipinski definition) is 1. The molecule has 0 unspecified atom stereocenters. The molecule has 216 valence electrons. The maximum absolute atomic E-state index is 13.9. The molecule has 0 bridgehead atoms. The smallest absolute Gasteiger partial charge is 0.262 e. The van der Waals surface area contributed by atoms with E-state index in [2.05, 4.69) is 53.8 Å². The molecule has 1 heterocycles. The fourth-order valence-electron chi connectivity index (χ4n) is 6.51.